The van der Waals surface area contributed by atoms with Crippen molar-refractivity contribution in [3.8, 4) is 0 Å². The lowest BCUT2D eigenvalue weighted by molar-refractivity contribution is -0.116. The summed E-state index contributed by atoms with van der Waals surface area (Å²) < 4.78 is 0. The van der Waals surface area contributed by atoms with Gasteiger partial charge in [0.05, 0.1) is 6.10 Å². The molecule has 0 fully saturated rings. The van der Waals surface area contributed by atoms with E-state index in [4.69, 9.17) is 5.73 Å². The fourth-order valence-corrected chi connectivity index (χ4v) is 1.78. The minimum atomic E-state index is -0.378. The van der Waals surface area contributed by atoms with Crippen molar-refractivity contribution in [1.29, 1.82) is 0 Å². The third kappa shape index (κ3) is 6.33. The lowest BCUT2D eigenvalue weighted by atomic mass is 10.2. The smallest absolute Gasteiger partial charge is 0.225 e. The van der Waals surface area contributed by atoms with Crippen LogP contribution in [0.25, 0.3) is 0 Å². The van der Waals surface area contributed by atoms with E-state index in [1.54, 1.807) is 6.92 Å². The van der Waals surface area contributed by atoms with Crippen LogP contribution in [0.4, 0.5) is 5.69 Å². The van der Waals surface area contributed by atoms with Gasteiger partial charge in [0, 0.05) is 31.7 Å². The monoisotopic (exact) mass is 265 g/mol. The Bertz CT molecular complexity index is 390. The van der Waals surface area contributed by atoms with Gasteiger partial charge in [-0.25, -0.2) is 0 Å². The third-order valence-electron chi connectivity index (χ3n) is 2.77. The summed E-state index contributed by atoms with van der Waals surface area (Å²) >= 11 is 0. The number of carbonyl (C=O) groups excluding carboxylic acids is 1. The molecule has 1 aromatic rings. The normalized spacial score (nSPS) is 12.5. The fraction of sp³-hybridized carbons (Fsp3) is 0.500. The largest absolute Gasteiger partial charge is 0.392 e. The molecule has 1 rings (SSSR count). The molecule has 0 saturated heterocycles. The lowest BCUT2D eigenvalue weighted by Gasteiger charge is -2.17. The van der Waals surface area contributed by atoms with Gasteiger partial charge in [0.1, 0.15) is 0 Å². The van der Waals surface area contributed by atoms with Gasteiger partial charge in [-0.1, -0.05) is 12.1 Å². The Morgan fingerprint density at radius 2 is 2.05 bits per heavy atom. The number of hydrogen-bond donors (Lipinski definition) is 3. The number of rotatable bonds is 7. The molecule has 1 unspecified atom stereocenters. The van der Waals surface area contributed by atoms with Crippen molar-refractivity contribution in [3.63, 3.8) is 0 Å². The molecule has 0 aliphatic carbocycles. The van der Waals surface area contributed by atoms with Crippen molar-refractivity contribution in [3.05, 3.63) is 29.8 Å². The summed E-state index contributed by atoms with van der Waals surface area (Å²) in [4.78, 5) is 13.7. The van der Waals surface area contributed by atoms with Crippen LogP contribution in [-0.2, 0) is 11.3 Å². The second-order valence-corrected chi connectivity index (χ2v) is 4.81. The molecular formula is C14H23N3O2. The number of nitrogens with one attached hydrogen (secondary N) is 1. The molecule has 0 radical (unpaired) electrons. The maximum Gasteiger partial charge on any atom is 0.225 e. The molecule has 0 spiro atoms. The van der Waals surface area contributed by atoms with Gasteiger partial charge in [-0.15, -0.1) is 0 Å². The Morgan fingerprint density at radius 3 is 2.58 bits per heavy atom. The molecule has 1 atom stereocenters. The van der Waals surface area contributed by atoms with Crippen molar-refractivity contribution in [2.75, 3.05) is 25.5 Å². The van der Waals surface area contributed by atoms with Gasteiger partial charge in [-0.3, -0.25) is 4.79 Å². The summed E-state index contributed by atoms with van der Waals surface area (Å²) in [5, 5.41) is 12.1. The number of nitrogens with zero attached hydrogens (tertiary/aromatic N) is 1. The fourth-order valence-electron chi connectivity index (χ4n) is 1.78. The second-order valence-electron chi connectivity index (χ2n) is 4.81. The summed E-state index contributed by atoms with van der Waals surface area (Å²) in [7, 11) is 1.88. The van der Waals surface area contributed by atoms with Crippen molar-refractivity contribution in [2.45, 2.75) is 26.0 Å². The van der Waals surface area contributed by atoms with Gasteiger partial charge in [-0.2, -0.15) is 0 Å². The molecule has 106 valence electrons. The number of nitrogens with two attached hydrogens (primary N) is 1. The summed E-state index contributed by atoms with van der Waals surface area (Å²) in [5.41, 5.74) is 7.32. The van der Waals surface area contributed by atoms with E-state index < -0.39 is 0 Å². The molecule has 4 N–H and O–H groups in total. The SMILES string of the molecule is CC(O)CN(C)CCC(=O)Nc1ccc(CN)cc1. The quantitative estimate of drug-likeness (QED) is 0.681. The molecular weight excluding hydrogens is 242 g/mol. The van der Waals surface area contributed by atoms with Crippen LogP contribution in [0, 0.1) is 0 Å². The van der Waals surface area contributed by atoms with Gasteiger partial charge in [-0.05, 0) is 31.7 Å². The van der Waals surface area contributed by atoms with Crippen molar-refractivity contribution < 1.29 is 9.90 Å². The molecule has 5 heteroatoms. The number of hydrogen-bond acceptors (Lipinski definition) is 4. The number of anilines is 1. The van der Waals surface area contributed by atoms with E-state index in [9.17, 15) is 9.90 Å². The number of aliphatic hydroxyl groups is 1. The first-order valence-electron chi connectivity index (χ1n) is 6.46. The van der Waals surface area contributed by atoms with E-state index in [-0.39, 0.29) is 12.0 Å². The zero-order valence-electron chi connectivity index (χ0n) is 11.6. The average molecular weight is 265 g/mol. The molecule has 0 aliphatic heterocycles. The number of amides is 1. The van der Waals surface area contributed by atoms with E-state index in [1.807, 2.05) is 36.2 Å². The van der Waals surface area contributed by atoms with Gasteiger partial charge < -0.3 is 21.1 Å². The molecule has 0 bridgehead atoms. The van der Waals surface area contributed by atoms with Crippen LogP contribution < -0.4 is 11.1 Å². The number of likely N-dealkylation sites (N-methyl/N-ethyl adjacent to an activating group) is 1. The zero-order chi connectivity index (χ0) is 14.3. The van der Waals surface area contributed by atoms with Crippen LogP contribution in [0.5, 0.6) is 0 Å². The van der Waals surface area contributed by atoms with Crippen molar-refractivity contribution in [2.24, 2.45) is 5.73 Å². The zero-order valence-corrected chi connectivity index (χ0v) is 11.6. The topological polar surface area (TPSA) is 78.6 Å². The van der Waals surface area contributed by atoms with Gasteiger partial charge in [0.15, 0.2) is 0 Å². The number of carbonyl (C=O) groups is 1. The van der Waals surface area contributed by atoms with E-state index in [0.29, 0.717) is 26.1 Å². The Kier molecular flexibility index (Phi) is 6.49. The van der Waals surface area contributed by atoms with E-state index in [0.717, 1.165) is 11.3 Å². The minimum Gasteiger partial charge on any atom is -0.392 e. The summed E-state index contributed by atoms with van der Waals surface area (Å²) in [6.07, 6.45) is 0.0267. The molecule has 1 amide bonds. The maximum atomic E-state index is 11.7. The Labute approximate surface area is 114 Å². The Balaban J connectivity index is 2.34. The first-order chi connectivity index (χ1) is 9.01. The summed E-state index contributed by atoms with van der Waals surface area (Å²) in [6, 6.07) is 7.49. The second kappa shape index (κ2) is 7.89. The highest BCUT2D eigenvalue weighted by molar-refractivity contribution is 5.90. The predicted octanol–water partition coefficient (Wildman–Crippen LogP) is 0.786. The highest BCUT2D eigenvalue weighted by atomic mass is 16.3. The van der Waals surface area contributed by atoms with Crippen molar-refractivity contribution >= 4 is 11.6 Å². The standard InChI is InChI=1S/C14H23N3O2/c1-11(18)10-17(2)8-7-14(19)16-13-5-3-12(9-15)4-6-13/h3-6,11,18H,7-10,15H2,1-2H3,(H,16,19). The highest BCUT2D eigenvalue weighted by Crippen LogP contribution is 2.09. The lowest BCUT2D eigenvalue weighted by Crippen LogP contribution is -2.30. The Hall–Kier alpha value is -1.43. The van der Waals surface area contributed by atoms with E-state index in [2.05, 4.69) is 5.32 Å². The minimum absolute atomic E-state index is 0.0297. The predicted molar refractivity (Wildman–Crippen MR) is 76.8 cm³/mol. The van der Waals surface area contributed by atoms with E-state index >= 15 is 0 Å². The van der Waals surface area contributed by atoms with Gasteiger partial charge in [0.25, 0.3) is 0 Å². The van der Waals surface area contributed by atoms with Crippen LogP contribution in [0.15, 0.2) is 24.3 Å². The molecule has 0 aromatic heterocycles. The molecule has 0 heterocycles. The van der Waals surface area contributed by atoms with Gasteiger partial charge in [0.2, 0.25) is 5.91 Å². The highest BCUT2D eigenvalue weighted by Gasteiger charge is 2.07. The summed E-state index contributed by atoms with van der Waals surface area (Å²) in [5.74, 6) is -0.0297. The van der Waals surface area contributed by atoms with Crippen LogP contribution in [0.2, 0.25) is 0 Å². The van der Waals surface area contributed by atoms with Crippen LogP contribution >= 0.6 is 0 Å². The number of benzene rings is 1. The molecule has 5 nitrogen and oxygen atoms in total. The molecule has 0 aliphatic rings. The average Bonchev–Trinajstić information content (AvgIpc) is 2.36. The first kappa shape index (κ1) is 15.6. The van der Waals surface area contributed by atoms with Crippen LogP contribution in [0.1, 0.15) is 18.9 Å². The van der Waals surface area contributed by atoms with Crippen LogP contribution in [-0.4, -0.2) is 42.2 Å². The van der Waals surface area contributed by atoms with Crippen LogP contribution in [0.3, 0.4) is 0 Å². The molecule has 1 aromatic carbocycles. The van der Waals surface area contributed by atoms with Crippen molar-refractivity contribution in [1.82, 2.24) is 4.90 Å². The Morgan fingerprint density at radius 1 is 1.42 bits per heavy atom. The third-order valence-corrected chi connectivity index (χ3v) is 2.77. The maximum absolute atomic E-state index is 11.7. The van der Waals surface area contributed by atoms with E-state index in [1.165, 1.54) is 0 Å². The molecule has 19 heavy (non-hydrogen) atoms. The number of aliphatic hydroxyl groups excluding tert-OH is 1. The van der Waals surface area contributed by atoms with Gasteiger partial charge >= 0.3 is 0 Å². The first-order valence-corrected chi connectivity index (χ1v) is 6.46. The summed E-state index contributed by atoms with van der Waals surface area (Å²) in [6.45, 7) is 3.42. The molecule has 0 saturated carbocycles.